The molecule has 19 heavy (non-hydrogen) atoms. The first-order chi connectivity index (χ1) is 9.12. The van der Waals surface area contributed by atoms with Gasteiger partial charge in [0.1, 0.15) is 0 Å². The number of rotatable bonds is 2. The Morgan fingerprint density at radius 1 is 1.37 bits per heavy atom. The molecule has 1 spiro atoms. The molecule has 2 aliphatic heterocycles. The van der Waals surface area contributed by atoms with Crippen molar-refractivity contribution in [3.8, 4) is 0 Å². The summed E-state index contributed by atoms with van der Waals surface area (Å²) >= 11 is 0. The van der Waals surface area contributed by atoms with Gasteiger partial charge >= 0.3 is 0 Å². The molecule has 0 aromatic rings. The molecule has 3 aliphatic rings. The summed E-state index contributed by atoms with van der Waals surface area (Å²) in [6.45, 7) is 6.24. The van der Waals surface area contributed by atoms with Crippen LogP contribution in [0, 0.1) is 5.92 Å². The molecule has 2 heterocycles. The summed E-state index contributed by atoms with van der Waals surface area (Å²) in [7, 11) is 0. The quantitative estimate of drug-likeness (QED) is 0.832. The van der Waals surface area contributed by atoms with Gasteiger partial charge in [0.15, 0.2) is 5.96 Å². The normalized spacial score (nSPS) is 36.5. The van der Waals surface area contributed by atoms with Crippen molar-refractivity contribution in [2.75, 3.05) is 13.2 Å². The summed E-state index contributed by atoms with van der Waals surface area (Å²) in [6, 6.07) is 0.622. The average molecular weight is 265 g/mol. The van der Waals surface area contributed by atoms with Gasteiger partial charge < -0.3 is 15.4 Å². The molecule has 2 N–H and O–H groups in total. The number of nitrogens with two attached hydrogens (primary N) is 1. The lowest BCUT2D eigenvalue weighted by Gasteiger charge is -2.48. The topological polar surface area (TPSA) is 50.9 Å². The number of hydrogen-bond acceptors (Lipinski definition) is 4. The third-order valence-corrected chi connectivity index (χ3v) is 5.21. The van der Waals surface area contributed by atoms with E-state index in [0.717, 1.165) is 32.0 Å². The molecule has 108 valence electrons. The number of hydrogen-bond donors (Lipinski definition) is 1. The zero-order valence-corrected chi connectivity index (χ0v) is 12.3. The van der Waals surface area contributed by atoms with Crippen molar-refractivity contribution in [2.45, 2.75) is 70.1 Å². The molecule has 2 atom stereocenters. The van der Waals surface area contributed by atoms with Crippen LogP contribution in [-0.4, -0.2) is 41.7 Å². The zero-order chi connectivity index (χ0) is 13.5. The highest BCUT2D eigenvalue weighted by Gasteiger charge is 2.49. The predicted molar refractivity (Wildman–Crippen MR) is 77.1 cm³/mol. The Labute approximate surface area is 116 Å². The van der Waals surface area contributed by atoms with Crippen molar-refractivity contribution in [1.82, 2.24) is 4.90 Å². The summed E-state index contributed by atoms with van der Waals surface area (Å²) in [5, 5.41) is 0. The molecule has 4 nitrogen and oxygen atoms in total. The molecule has 2 unspecified atom stereocenters. The number of aliphatic imine (C=N–C) groups is 1. The summed E-state index contributed by atoms with van der Waals surface area (Å²) in [6.07, 6.45) is 7.78. The lowest BCUT2D eigenvalue weighted by molar-refractivity contribution is -0.0735. The summed E-state index contributed by atoms with van der Waals surface area (Å²) in [4.78, 5) is 7.08. The third-order valence-electron chi connectivity index (χ3n) is 5.21. The van der Waals surface area contributed by atoms with Crippen molar-refractivity contribution in [3.63, 3.8) is 0 Å². The van der Waals surface area contributed by atoms with Crippen LogP contribution in [0.5, 0.6) is 0 Å². The molecular formula is C15H27N3O. The van der Waals surface area contributed by atoms with Crippen LogP contribution in [0.3, 0.4) is 0 Å². The van der Waals surface area contributed by atoms with Gasteiger partial charge in [0, 0.05) is 12.6 Å². The van der Waals surface area contributed by atoms with Crippen molar-refractivity contribution < 1.29 is 4.74 Å². The molecule has 3 rings (SSSR count). The first-order valence-corrected chi connectivity index (χ1v) is 7.83. The molecule has 0 aromatic carbocycles. The van der Waals surface area contributed by atoms with Crippen LogP contribution in [0.25, 0.3) is 0 Å². The Morgan fingerprint density at radius 3 is 2.79 bits per heavy atom. The van der Waals surface area contributed by atoms with E-state index in [1.807, 2.05) is 0 Å². The Morgan fingerprint density at radius 2 is 2.11 bits per heavy atom. The molecule has 1 aliphatic carbocycles. The van der Waals surface area contributed by atoms with Gasteiger partial charge in [-0.25, -0.2) is 0 Å². The zero-order valence-electron chi connectivity index (χ0n) is 12.3. The summed E-state index contributed by atoms with van der Waals surface area (Å²) in [5.41, 5.74) is 6.38. The molecule has 0 radical (unpaired) electrons. The molecule has 0 bridgehead atoms. The molecule has 0 aromatic heterocycles. The Kier molecular flexibility index (Phi) is 3.46. The minimum atomic E-state index is 0.159. The van der Waals surface area contributed by atoms with Gasteiger partial charge in [0.05, 0.1) is 18.2 Å². The van der Waals surface area contributed by atoms with E-state index in [1.165, 1.54) is 25.7 Å². The van der Waals surface area contributed by atoms with Crippen molar-refractivity contribution in [3.05, 3.63) is 0 Å². The first-order valence-electron chi connectivity index (χ1n) is 7.83. The van der Waals surface area contributed by atoms with Gasteiger partial charge in [-0.15, -0.1) is 0 Å². The predicted octanol–water partition coefficient (Wildman–Crippen LogP) is 2.13. The van der Waals surface area contributed by atoms with E-state index in [1.54, 1.807) is 0 Å². The molecule has 1 saturated carbocycles. The van der Waals surface area contributed by atoms with Crippen LogP contribution in [0.1, 0.15) is 52.4 Å². The molecule has 2 fully saturated rings. The Bertz CT molecular complexity index is 362. The fourth-order valence-corrected chi connectivity index (χ4v) is 4.09. The van der Waals surface area contributed by atoms with Gasteiger partial charge in [-0.2, -0.15) is 0 Å². The van der Waals surface area contributed by atoms with Gasteiger partial charge in [0.25, 0.3) is 0 Å². The van der Waals surface area contributed by atoms with Crippen molar-refractivity contribution >= 4 is 5.96 Å². The highest BCUT2D eigenvalue weighted by atomic mass is 16.5. The van der Waals surface area contributed by atoms with Crippen LogP contribution in [0.4, 0.5) is 0 Å². The number of guanidine groups is 1. The third kappa shape index (κ3) is 2.24. The second-order valence-corrected chi connectivity index (χ2v) is 6.81. The van der Waals surface area contributed by atoms with E-state index in [-0.39, 0.29) is 5.54 Å². The van der Waals surface area contributed by atoms with E-state index in [0.29, 0.717) is 18.1 Å². The molecule has 1 saturated heterocycles. The summed E-state index contributed by atoms with van der Waals surface area (Å²) in [5.74, 6) is 1.36. The lowest BCUT2D eigenvalue weighted by Crippen LogP contribution is -2.59. The van der Waals surface area contributed by atoms with E-state index in [2.05, 4.69) is 23.7 Å². The highest BCUT2D eigenvalue weighted by Crippen LogP contribution is 2.40. The SMILES string of the molecule is CC(C)C1CC2(CCO1)CN=C(N)N2C1CCCC1. The van der Waals surface area contributed by atoms with Crippen LogP contribution < -0.4 is 5.73 Å². The second kappa shape index (κ2) is 4.97. The van der Waals surface area contributed by atoms with Gasteiger partial charge in [0.2, 0.25) is 0 Å². The van der Waals surface area contributed by atoms with Gasteiger partial charge in [-0.05, 0) is 31.6 Å². The minimum Gasteiger partial charge on any atom is -0.378 e. The van der Waals surface area contributed by atoms with E-state index in [9.17, 15) is 0 Å². The minimum absolute atomic E-state index is 0.159. The monoisotopic (exact) mass is 265 g/mol. The van der Waals surface area contributed by atoms with Crippen LogP contribution in [0.2, 0.25) is 0 Å². The number of ether oxygens (including phenoxy) is 1. The highest BCUT2D eigenvalue weighted by molar-refractivity contribution is 5.81. The van der Waals surface area contributed by atoms with Gasteiger partial charge in [-0.1, -0.05) is 26.7 Å². The fraction of sp³-hybridized carbons (Fsp3) is 0.933. The number of nitrogens with zero attached hydrogens (tertiary/aromatic N) is 2. The van der Waals surface area contributed by atoms with E-state index < -0.39 is 0 Å². The van der Waals surface area contributed by atoms with E-state index >= 15 is 0 Å². The lowest BCUT2D eigenvalue weighted by atomic mass is 9.81. The first kappa shape index (κ1) is 13.2. The smallest absolute Gasteiger partial charge is 0.192 e. The van der Waals surface area contributed by atoms with Crippen LogP contribution in [-0.2, 0) is 4.74 Å². The Hall–Kier alpha value is -0.770. The second-order valence-electron chi connectivity index (χ2n) is 6.81. The maximum absolute atomic E-state index is 6.22. The summed E-state index contributed by atoms with van der Waals surface area (Å²) < 4.78 is 5.95. The fourth-order valence-electron chi connectivity index (χ4n) is 4.09. The van der Waals surface area contributed by atoms with Gasteiger partial charge in [-0.3, -0.25) is 4.99 Å². The maximum atomic E-state index is 6.22. The molecule has 0 amide bonds. The standard InChI is InChI=1S/C15H27N3O/c1-11(2)13-9-15(7-8-19-13)10-17-14(16)18(15)12-5-3-4-6-12/h11-13H,3-10H2,1-2H3,(H2,16,17). The van der Waals surface area contributed by atoms with Crippen molar-refractivity contribution in [2.24, 2.45) is 16.6 Å². The molecule has 4 heteroatoms. The van der Waals surface area contributed by atoms with E-state index in [4.69, 9.17) is 10.5 Å². The maximum Gasteiger partial charge on any atom is 0.192 e. The molecular weight excluding hydrogens is 238 g/mol. The van der Waals surface area contributed by atoms with Crippen molar-refractivity contribution in [1.29, 1.82) is 0 Å². The van der Waals surface area contributed by atoms with Crippen LogP contribution in [0.15, 0.2) is 4.99 Å². The average Bonchev–Trinajstić information content (AvgIpc) is 2.99. The largest absolute Gasteiger partial charge is 0.378 e. The Balaban J connectivity index is 1.81. The van der Waals surface area contributed by atoms with Crippen LogP contribution >= 0.6 is 0 Å².